The number of carboxylic acids is 1. The molecule has 7 heavy (non-hydrogen) atoms. The minimum atomic E-state index is -0.833. The molecule has 0 aromatic heterocycles. The quantitative estimate of drug-likeness (QED) is 0.422. The fourth-order valence-corrected chi connectivity index (χ4v) is 0. The molecule has 0 bridgehead atoms. The van der Waals surface area contributed by atoms with Gasteiger partial charge in [-0.15, -0.1) is 0 Å². The topological polar surface area (TPSA) is 68.8 Å². The Balaban J connectivity index is -0.0000000150. The van der Waals surface area contributed by atoms with Crippen molar-refractivity contribution in [3.63, 3.8) is 0 Å². The first-order chi connectivity index (χ1) is 1.73. The van der Waals surface area contributed by atoms with Crippen molar-refractivity contribution < 1.29 is 32.4 Å². The molecule has 0 fully saturated rings. The van der Waals surface area contributed by atoms with Crippen LogP contribution >= 0.6 is 0 Å². The Kier molecular flexibility index (Phi) is 58.8. The van der Waals surface area contributed by atoms with Gasteiger partial charge in [-0.3, -0.25) is 4.79 Å². The van der Waals surface area contributed by atoms with E-state index in [2.05, 4.69) is 0 Å². The summed E-state index contributed by atoms with van der Waals surface area (Å²) in [6.45, 7) is 1.08. The smallest absolute Gasteiger partial charge is 0 e. The predicted molar refractivity (Wildman–Crippen MR) is 24.1 cm³/mol. The van der Waals surface area contributed by atoms with Crippen LogP contribution in [0.5, 0.6) is 0 Å². The van der Waals surface area contributed by atoms with E-state index in [1.807, 2.05) is 0 Å². The Hall–Kier alpha value is 0.547. The van der Waals surface area contributed by atoms with E-state index in [4.69, 9.17) is 9.90 Å². The Morgan fingerprint density at radius 2 is 1.57 bits per heavy atom. The molecule has 3 nitrogen and oxygen atoms in total. The normalized spacial score (nSPS) is 3.57. The molecule has 0 saturated carbocycles. The summed E-state index contributed by atoms with van der Waals surface area (Å²) in [6, 6.07) is 0. The van der Waals surface area contributed by atoms with Crippen LogP contribution in [-0.2, 0) is 21.9 Å². The largest absolute Gasteiger partial charge is 0 e. The van der Waals surface area contributed by atoms with Crippen molar-refractivity contribution in [3.8, 4) is 0 Å². The van der Waals surface area contributed by atoms with Crippen LogP contribution in [0.1, 0.15) is 6.92 Å². The van der Waals surface area contributed by atoms with Crippen molar-refractivity contribution >= 4 is 24.8 Å². The summed E-state index contributed by atoms with van der Waals surface area (Å²) in [5, 5.41) is 7.42. The van der Waals surface area contributed by atoms with Crippen LogP contribution in [-0.4, -0.2) is 35.4 Å². The second-order valence-corrected chi connectivity index (χ2v) is 0.519. The van der Waals surface area contributed by atoms with E-state index in [9.17, 15) is 0 Å². The minimum absolute atomic E-state index is 0. The zero-order valence-electron chi connectivity index (χ0n) is 3.23. The molecule has 0 spiro atoms. The molecule has 0 aliphatic heterocycles. The minimum Gasteiger partial charge on any atom is 0 e. The fourth-order valence-electron chi connectivity index (χ4n) is 0. The molecule has 0 saturated heterocycles. The van der Waals surface area contributed by atoms with Gasteiger partial charge in [-0.05, 0) is 0 Å². The van der Waals surface area contributed by atoms with Crippen molar-refractivity contribution in [2.45, 2.75) is 6.92 Å². The molecule has 0 rings (SSSR count). The van der Waals surface area contributed by atoms with Crippen LogP contribution in [0.15, 0.2) is 0 Å². The molecule has 0 aromatic carbocycles. The monoisotopic (exact) mass is 141 g/mol. The molecule has 0 unspecified atom stereocenters. The van der Waals surface area contributed by atoms with Gasteiger partial charge in [-0.2, -0.15) is 0 Å². The van der Waals surface area contributed by atoms with Gasteiger partial charge in [0.15, 0.2) is 0 Å². The molecular formula is C2H7LiMnO3. The maximum absolute atomic E-state index is 9.00. The third kappa shape index (κ3) is 453. The van der Waals surface area contributed by atoms with Crippen LogP contribution in [0.3, 0.4) is 0 Å². The van der Waals surface area contributed by atoms with Gasteiger partial charge in [0, 0.05) is 24.0 Å². The Morgan fingerprint density at radius 3 is 1.57 bits per heavy atom. The standard InChI is InChI=1S/C2H4O2.Li.Mn.H2O.H/c1-2(3)4;;;;/h1H3,(H,3,4);;;1H2;. The number of aliphatic carboxylic acids is 1. The third-order valence-electron chi connectivity index (χ3n) is 0. The first-order valence-electron chi connectivity index (χ1n) is 0.928. The Labute approximate surface area is 64.4 Å². The maximum atomic E-state index is 9.00. The van der Waals surface area contributed by atoms with Crippen LogP contribution in [0.25, 0.3) is 0 Å². The molecular weight excluding hydrogens is 134 g/mol. The number of rotatable bonds is 0. The van der Waals surface area contributed by atoms with Crippen molar-refractivity contribution in [3.05, 3.63) is 0 Å². The van der Waals surface area contributed by atoms with Crippen molar-refractivity contribution in [1.29, 1.82) is 0 Å². The van der Waals surface area contributed by atoms with Crippen LogP contribution < -0.4 is 0 Å². The van der Waals surface area contributed by atoms with Gasteiger partial charge in [0.25, 0.3) is 5.97 Å². The summed E-state index contributed by atoms with van der Waals surface area (Å²) in [4.78, 5) is 9.00. The molecule has 0 atom stereocenters. The summed E-state index contributed by atoms with van der Waals surface area (Å²) >= 11 is 0. The second-order valence-electron chi connectivity index (χ2n) is 0.519. The predicted octanol–water partition coefficient (Wildman–Crippen LogP) is -1.38. The average molecular weight is 141 g/mol. The zero-order chi connectivity index (χ0) is 3.58. The molecule has 0 aromatic rings. The molecule has 0 aliphatic carbocycles. The van der Waals surface area contributed by atoms with Crippen LogP contribution in [0, 0.1) is 0 Å². The number of hydrogen-bond donors (Lipinski definition) is 1. The van der Waals surface area contributed by atoms with E-state index in [0.717, 1.165) is 6.92 Å². The van der Waals surface area contributed by atoms with Gasteiger partial charge >= 0.3 is 18.9 Å². The summed E-state index contributed by atoms with van der Waals surface area (Å²) in [6.07, 6.45) is 0. The summed E-state index contributed by atoms with van der Waals surface area (Å²) in [7, 11) is 0. The van der Waals surface area contributed by atoms with Gasteiger partial charge in [-0.25, -0.2) is 0 Å². The van der Waals surface area contributed by atoms with Gasteiger partial charge in [0.2, 0.25) is 0 Å². The van der Waals surface area contributed by atoms with E-state index in [0.29, 0.717) is 0 Å². The molecule has 41 valence electrons. The second kappa shape index (κ2) is 16.0. The van der Waals surface area contributed by atoms with E-state index in [1.54, 1.807) is 0 Å². The summed E-state index contributed by atoms with van der Waals surface area (Å²) < 4.78 is 0. The Bertz CT molecular complexity index is 35.9. The average Bonchev–Trinajstić information content (AvgIpc) is 0.811. The van der Waals surface area contributed by atoms with Crippen molar-refractivity contribution in [2.75, 3.05) is 0 Å². The first-order valence-corrected chi connectivity index (χ1v) is 0.928. The summed E-state index contributed by atoms with van der Waals surface area (Å²) in [5.41, 5.74) is 0. The van der Waals surface area contributed by atoms with E-state index in [1.165, 1.54) is 0 Å². The molecule has 3 N–H and O–H groups in total. The fraction of sp³-hybridized carbons (Fsp3) is 0.500. The van der Waals surface area contributed by atoms with E-state index >= 15 is 0 Å². The molecule has 1 radical (unpaired) electrons. The first kappa shape index (κ1) is 25.7. The van der Waals surface area contributed by atoms with Gasteiger partial charge in [-0.1, -0.05) is 0 Å². The third-order valence-corrected chi connectivity index (χ3v) is 0. The number of carbonyl (C=O) groups is 1. The summed E-state index contributed by atoms with van der Waals surface area (Å²) in [5.74, 6) is -0.833. The SMILES string of the molecule is CC(=O)O.O.[LiH].[Mn]. The molecule has 0 amide bonds. The van der Waals surface area contributed by atoms with E-state index < -0.39 is 5.97 Å². The zero-order valence-corrected chi connectivity index (χ0v) is 4.41. The van der Waals surface area contributed by atoms with Gasteiger partial charge in [0.05, 0.1) is 0 Å². The Morgan fingerprint density at radius 1 is 1.57 bits per heavy atom. The van der Waals surface area contributed by atoms with Crippen molar-refractivity contribution in [1.82, 2.24) is 0 Å². The van der Waals surface area contributed by atoms with Gasteiger partial charge < -0.3 is 10.6 Å². The molecule has 0 aliphatic rings. The van der Waals surface area contributed by atoms with Crippen LogP contribution in [0.4, 0.5) is 0 Å². The van der Waals surface area contributed by atoms with E-state index in [-0.39, 0.29) is 41.4 Å². The molecule has 0 heterocycles. The number of carboxylic acid groups (broad SMARTS) is 1. The maximum Gasteiger partial charge on any atom is 0 e. The van der Waals surface area contributed by atoms with Crippen LogP contribution in [0.2, 0.25) is 0 Å². The van der Waals surface area contributed by atoms with Gasteiger partial charge in [0.1, 0.15) is 0 Å². The number of hydrogen-bond acceptors (Lipinski definition) is 1. The van der Waals surface area contributed by atoms with Crippen molar-refractivity contribution in [2.24, 2.45) is 0 Å². The molecule has 5 heteroatoms.